The monoisotopic (exact) mass is 303 g/mol. The van der Waals surface area contributed by atoms with E-state index >= 15 is 0 Å². The highest BCUT2D eigenvalue weighted by atomic mass is 32.1. The molecule has 5 nitrogen and oxygen atoms in total. The first-order valence-corrected chi connectivity index (χ1v) is 8.31. The van der Waals surface area contributed by atoms with Gasteiger partial charge in [0.15, 0.2) is 0 Å². The number of thiophene rings is 1. The summed E-state index contributed by atoms with van der Waals surface area (Å²) in [6, 6.07) is 6.85. The minimum absolute atomic E-state index is 0.336. The van der Waals surface area contributed by atoms with Gasteiger partial charge in [0.2, 0.25) is 5.95 Å². The minimum Gasteiger partial charge on any atom is -0.370 e. The van der Waals surface area contributed by atoms with Gasteiger partial charge in [-0.3, -0.25) is 0 Å². The van der Waals surface area contributed by atoms with Crippen LogP contribution in [0.25, 0.3) is 0 Å². The number of aromatic nitrogens is 2. The van der Waals surface area contributed by atoms with Crippen LogP contribution in [0, 0.1) is 0 Å². The Morgan fingerprint density at radius 2 is 2.29 bits per heavy atom. The third-order valence-electron chi connectivity index (χ3n) is 3.47. The molecular formula is C15H21N5S. The van der Waals surface area contributed by atoms with Gasteiger partial charge in [0, 0.05) is 23.5 Å². The Bertz CT molecular complexity index is 580. The predicted molar refractivity (Wildman–Crippen MR) is 88.7 cm³/mol. The number of nitrogen functional groups attached to an aromatic ring is 1. The molecule has 0 spiro atoms. The predicted octanol–water partition coefficient (Wildman–Crippen LogP) is 3.11. The molecule has 0 saturated heterocycles. The first-order chi connectivity index (χ1) is 10.3. The van der Waals surface area contributed by atoms with Gasteiger partial charge in [-0.25, -0.2) is 0 Å². The second kappa shape index (κ2) is 6.30. The average molecular weight is 303 g/mol. The van der Waals surface area contributed by atoms with E-state index in [4.69, 9.17) is 5.73 Å². The van der Waals surface area contributed by atoms with Gasteiger partial charge in [0.25, 0.3) is 0 Å². The normalized spacial score (nSPS) is 14.1. The number of nitrogens with one attached hydrogen (secondary N) is 1. The van der Waals surface area contributed by atoms with E-state index in [1.807, 2.05) is 6.07 Å². The summed E-state index contributed by atoms with van der Waals surface area (Å²) in [5.41, 5.74) is 5.88. The van der Waals surface area contributed by atoms with E-state index in [1.54, 1.807) is 11.3 Å². The van der Waals surface area contributed by atoms with Crippen LogP contribution in [-0.2, 0) is 6.54 Å². The summed E-state index contributed by atoms with van der Waals surface area (Å²) in [6.45, 7) is 3.92. The smallest absolute Gasteiger partial charge is 0.223 e. The fraction of sp³-hybridized carbons (Fsp3) is 0.467. The van der Waals surface area contributed by atoms with Gasteiger partial charge in [-0.2, -0.15) is 9.97 Å². The molecule has 112 valence electrons. The molecule has 0 aliphatic heterocycles. The standard InChI is InChI=1S/C15H21N5S/c1-2-7-17-13-9-14(19-15(16)18-13)20(11-5-6-11)10-12-4-3-8-21-12/h3-4,8-9,11H,2,5-7,10H2,1H3,(H3,16,17,18,19). The second-order valence-electron chi connectivity index (χ2n) is 5.33. The average Bonchev–Trinajstić information content (AvgIpc) is 3.18. The van der Waals surface area contributed by atoms with E-state index in [0.717, 1.165) is 31.1 Å². The first kappa shape index (κ1) is 14.1. The van der Waals surface area contributed by atoms with Crippen LogP contribution >= 0.6 is 11.3 Å². The van der Waals surface area contributed by atoms with Crippen molar-refractivity contribution in [3.63, 3.8) is 0 Å². The quantitative estimate of drug-likeness (QED) is 0.822. The van der Waals surface area contributed by atoms with Gasteiger partial charge >= 0.3 is 0 Å². The van der Waals surface area contributed by atoms with Crippen LogP contribution in [0.15, 0.2) is 23.6 Å². The summed E-state index contributed by atoms with van der Waals surface area (Å²) in [5.74, 6) is 2.08. The maximum absolute atomic E-state index is 5.88. The summed E-state index contributed by atoms with van der Waals surface area (Å²) < 4.78 is 0. The van der Waals surface area contributed by atoms with Gasteiger partial charge in [0.05, 0.1) is 6.54 Å². The van der Waals surface area contributed by atoms with E-state index < -0.39 is 0 Å². The van der Waals surface area contributed by atoms with Crippen molar-refractivity contribution in [3.8, 4) is 0 Å². The minimum atomic E-state index is 0.336. The van der Waals surface area contributed by atoms with Crippen molar-refractivity contribution in [2.75, 3.05) is 22.5 Å². The van der Waals surface area contributed by atoms with Gasteiger partial charge in [-0.1, -0.05) is 13.0 Å². The third kappa shape index (κ3) is 3.64. The summed E-state index contributed by atoms with van der Waals surface area (Å²) in [7, 11) is 0. The second-order valence-corrected chi connectivity index (χ2v) is 6.37. The molecule has 0 aromatic carbocycles. The lowest BCUT2D eigenvalue weighted by Crippen LogP contribution is -2.26. The highest BCUT2D eigenvalue weighted by molar-refractivity contribution is 7.09. The Kier molecular flexibility index (Phi) is 4.24. The molecule has 3 rings (SSSR count). The molecule has 0 radical (unpaired) electrons. The molecule has 1 fully saturated rings. The molecule has 2 aromatic heterocycles. The Balaban J connectivity index is 1.82. The van der Waals surface area contributed by atoms with E-state index in [1.165, 1.54) is 17.7 Å². The van der Waals surface area contributed by atoms with Crippen molar-refractivity contribution in [2.24, 2.45) is 0 Å². The fourth-order valence-corrected chi connectivity index (χ4v) is 3.00. The number of hydrogen-bond donors (Lipinski definition) is 2. The molecular weight excluding hydrogens is 282 g/mol. The van der Waals surface area contributed by atoms with Gasteiger partial charge in [0.1, 0.15) is 11.6 Å². The van der Waals surface area contributed by atoms with Crippen LogP contribution in [0.1, 0.15) is 31.1 Å². The molecule has 1 aliphatic rings. The molecule has 2 heterocycles. The van der Waals surface area contributed by atoms with Crippen LogP contribution in [0.2, 0.25) is 0 Å². The van der Waals surface area contributed by atoms with Gasteiger partial charge in [-0.15, -0.1) is 11.3 Å². The van der Waals surface area contributed by atoms with Crippen molar-refractivity contribution in [3.05, 3.63) is 28.5 Å². The summed E-state index contributed by atoms with van der Waals surface area (Å²) >= 11 is 1.78. The number of nitrogens with two attached hydrogens (primary N) is 1. The van der Waals surface area contributed by atoms with Gasteiger partial charge in [-0.05, 0) is 30.7 Å². The van der Waals surface area contributed by atoms with Crippen LogP contribution in [-0.4, -0.2) is 22.6 Å². The van der Waals surface area contributed by atoms with Gasteiger partial charge < -0.3 is 16.0 Å². The maximum atomic E-state index is 5.88. The van der Waals surface area contributed by atoms with Crippen molar-refractivity contribution in [1.82, 2.24) is 9.97 Å². The van der Waals surface area contributed by atoms with Crippen LogP contribution in [0.3, 0.4) is 0 Å². The Labute approximate surface area is 129 Å². The zero-order valence-corrected chi connectivity index (χ0v) is 13.1. The number of nitrogens with zero attached hydrogens (tertiary/aromatic N) is 3. The molecule has 3 N–H and O–H groups in total. The molecule has 6 heteroatoms. The molecule has 0 bridgehead atoms. The largest absolute Gasteiger partial charge is 0.370 e. The van der Waals surface area contributed by atoms with E-state index in [-0.39, 0.29) is 0 Å². The number of rotatable bonds is 7. The summed E-state index contributed by atoms with van der Waals surface area (Å²) in [6.07, 6.45) is 3.51. The number of anilines is 3. The maximum Gasteiger partial charge on any atom is 0.223 e. The van der Waals surface area contributed by atoms with Crippen molar-refractivity contribution >= 4 is 28.9 Å². The lowest BCUT2D eigenvalue weighted by Gasteiger charge is -2.23. The Hall–Kier alpha value is -1.82. The SMILES string of the molecule is CCCNc1cc(N(Cc2cccs2)C2CC2)nc(N)n1. The number of hydrogen-bond acceptors (Lipinski definition) is 6. The molecule has 2 aromatic rings. The summed E-state index contributed by atoms with van der Waals surface area (Å²) in [5, 5.41) is 5.41. The molecule has 0 amide bonds. The Morgan fingerprint density at radius 3 is 2.95 bits per heavy atom. The highest BCUT2D eigenvalue weighted by Crippen LogP contribution is 2.33. The Morgan fingerprint density at radius 1 is 1.43 bits per heavy atom. The lowest BCUT2D eigenvalue weighted by molar-refractivity contribution is 0.785. The fourth-order valence-electron chi connectivity index (χ4n) is 2.30. The highest BCUT2D eigenvalue weighted by Gasteiger charge is 2.30. The molecule has 21 heavy (non-hydrogen) atoms. The van der Waals surface area contributed by atoms with E-state index in [0.29, 0.717) is 12.0 Å². The van der Waals surface area contributed by atoms with Crippen molar-refractivity contribution in [1.29, 1.82) is 0 Å². The van der Waals surface area contributed by atoms with Crippen LogP contribution in [0.5, 0.6) is 0 Å². The van der Waals surface area contributed by atoms with Crippen molar-refractivity contribution in [2.45, 2.75) is 38.8 Å². The third-order valence-corrected chi connectivity index (χ3v) is 4.34. The molecule has 1 aliphatic carbocycles. The lowest BCUT2D eigenvalue weighted by atomic mass is 10.3. The molecule has 1 saturated carbocycles. The zero-order valence-electron chi connectivity index (χ0n) is 12.2. The summed E-state index contributed by atoms with van der Waals surface area (Å²) in [4.78, 5) is 12.4. The van der Waals surface area contributed by atoms with E-state index in [9.17, 15) is 0 Å². The van der Waals surface area contributed by atoms with Crippen molar-refractivity contribution < 1.29 is 0 Å². The van der Waals surface area contributed by atoms with E-state index in [2.05, 4.69) is 44.6 Å². The molecule has 0 atom stereocenters. The molecule has 0 unspecified atom stereocenters. The zero-order chi connectivity index (χ0) is 14.7. The van der Waals surface area contributed by atoms with Crippen LogP contribution in [0.4, 0.5) is 17.6 Å². The van der Waals surface area contributed by atoms with Crippen LogP contribution < -0.4 is 16.0 Å². The topological polar surface area (TPSA) is 67.1 Å². The first-order valence-electron chi connectivity index (χ1n) is 7.43.